The van der Waals surface area contributed by atoms with Crippen LogP contribution in [0.25, 0.3) is 0 Å². The van der Waals surface area contributed by atoms with E-state index < -0.39 is 11.2 Å². The van der Waals surface area contributed by atoms with Crippen LogP contribution in [-0.4, -0.2) is 39.4 Å². The maximum absolute atomic E-state index is 12.5. The fourth-order valence-corrected chi connectivity index (χ4v) is 3.63. The number of fused-ring (bicyclic) bond motifs is 2. The Bertz CT molecular complexity index is 422. The van der Waals surface area contributed by atoms with Gasteiger partial charge in [0.25, 0.3) is 0 Å². The van der Waals surface area contributed by atoms with Crippen molar-refractivity contribution in [1.29, 1.82) is 0 Å². The maximum atomic E-state index is 12.5. The van der Waals surface area contributed by atoms with E-state index >= 15 is 0 Å². The molecule has 0 radical (unpaired) electrons. The summed E-state index contributed by atoms with van der Waals surface area (Å²) in [6.07, 6.45) is 6.04. The third kappa shape index (κ3) is 3.42. The minimum atomic E-state index is -0.761. The monoisotopic (exact) mass is 295 g/mol. The van der Waals surface area contributed by atoms with Gasteiger partial charge < -0.3 is 14.7 Å². The molecule has 4 nitrogen and oxygen atoms in total. The lowest BCUT2D eigenvalue weighted by Gasteiger charge is -2.52. The number of amides is 1. The SMILES string of the molecule is CC=C(C)C1(O)CC2CCCC(C1)N2C(=O)OC(C)(C)C. The Morgan fingerprint density at radius 2 is 1.81 bits per heavy atom. The lowest BCUT2D eigenvalue weighted by molar-refractivity contribution is -0.0758. The van der Waals surface area contributed by atoms with Crippen LogP contribution in [0.3, 0.4) is 0 Å². The largest absolute Gasteiger partial charge is 0.444 e. The van der Waals surface area contributed by atoms with Crippen LogP contribution in [0.2, 0.25) is 0 Å². The molecule has 1 N–H and O–H groups in total. The van der Waals surface area contributed by atoms with Crippen molar-refractivity contribution in [2.24, 2.45) is 0 Å². The molecule has 2 aliphatic rings. The summed E-state index contributed by atoms with van der Waals surface area (Å²) in [5, 5.41) is 10.9. The Morgan fingerprint density at radius 1 is 1.29 bits per heavy atom. The van der Waals surface area contributed by atoms with Crippen molar-refractivity contribution in [2.45, 2.75) is 90.0 Å². The van der Waals surface area contributed by atoms with E-state index in [1.807, 2.05) is 45.6 Å². The van der Waals surface area contributed by atoms with E-state index in [9.17, 15) is 9.90 Å². The molecule has 0 aromatic heterocycles. The molecule has 1 amide bonds. The zero-order valence-electron chi connectivity index (χ0n) is 14.0. The smallest absolute Gasteiger partial charge is 0.410 e. The van der Waals surface area contributed by atoms with Gasteiger partial charge in [-0.25, -0.2) is 4.79 Å². The number of aliphatic hydroxyl groups is 1. The molecule has 2 fully saturated rings. The highest BCUT2D eigenvalue weighted by molar-refractivity contribution is 5.69. The summed E-state index contributed by atoms with van der Waals surface area (Å²) in [5.41, 5.74) is -0.218. The van der Waals surface area contributed by atoms with E-state index in [1.54, 1.807) is 0 Å². The molecule has 2 aliphatic heterocycles. The van der Waals surface area contributed by atoms with Crippen LogP contribution in [0.4, 0.5) is 4.79 Å². The minimum Gasteiger partial charge on any atom is -0.444 e. The summed E-state index contributed by atoms with van der Waals surface area (Å²) in [6, 6.07) is 0.180. The molecule has 4 heteroatoms. The predicted molar refractivity (Wildman–Crippen MR) is 83.1 cm³/mol. The second-order valence-corrected chi connectivity index (χ2v) is 7.54. The fourth-order valence-electron chi connectivity index (χ4n) is 3.63. The summed E-state index contributed by atoms with van der Waals surface area (Å²) in [5.74, 6) is 0. The molecule has 0 spiro atoms. The standard InChI is InChI=1S/C17H29NO3/c1-6-12(2)17(20)10-13-8-7-9-14(11-17)18(13)15(19)21-16(3,4)5/h6,13-14,20H,7-11H2,1-5H3. The first-order chi connectivity index (χ1) is 9.66. The fraction of sp³-hybridized carbons (Fsp3) is 0.824. The van der Waals surface area contributed by atoms with E-state index in [1.165, 1.54) is 0 Å². The van der Waals surface area contributed by atoms with Crippen molar-refractivity contribution in [1.82, 2.24) is 4.90 Å². The van der Waals surface area contributed by atoms with Crippen LogP contribution < -0.4 is 0 Å². The number of rotatable bonds is 1. The number of carbonyl (C=O) groups excluding carboxylic acids is 1. The summed E-state index contributed by atoms with van der Waals surface area (Å²) in [4.78, 5) is 14.4. The molecule has 120 valence electrons. The van der Waals surface area contributed by atoms with Crippen molar-refractivity contribution in [3.63, 3.8) is 0 Å². The Labute approximate surface area is 128 Å². The molecule has 21 heavy (non-hydrogen) atoms. The normalized spacial score (nSPS) is 33.8. The number of piperidine rings is 2. The van der Waals surface area contributed by atoms with Gasteiger partial charge >= 0.3 is 6.09 Å². The van der Waals surface area contributed by atoms with Crippen molar-refractivity contribution in [3.05, 3.63) is 11.6 Å². The van der Waals surface area contributed by atoms with Crippen molar-refractivity contribution >= 4 is 6.09 Å². The topological polar surface area (TPSA) is 49.8 Å². The third-order valence-electron chi connectivity index (χ3n) is 4.78. The number of hydrogen-bond acceptors (Lipinski definition) is 3. The van der Waals surface area contributed by atoms with Gasteiger partial charge in [0.2, 0.25) is 0 Å². The Morgan fingerprint density at radius 3 is 2.24 bits per heavy atom. The van der Waals surface area contributed by atoms with Crippen molar-refractivity contribution in [2.75, 3.05) is 0 Å². The van der Waals surface area contributed by atoms with Gasteiger partial charge in [0.15, 0.2) is 0 Å². The number of carbonyl (C=O) groups is 1. The zero-order chi connectivity index (χ0) is 15.8. The van der Waals surface area contributed by atoms with Crippen LogP contribution in [0, 0.1) is 0 Å². The van der Waals surface area contributed by atoms with Gasteiger partial charge in [0, 0.05) is 24.9 Å². The molecular formula is C17H29NO3. The van der Waals surface area contributed by atoms with Gasteiger partial charge in [0.05, 0.1) is 5.60 Å². The second kappa shape index (κ2) is 5.64. The molecule has 2 heterocycles. The van der Waals surface area contributed by atoms with Gasteiger partial charge in [-0.05, 0) is 59.5 Å². The van der Waals surface area contributed by atoms with E-state index in [0.717, 1.165) is 24.8 Å². The molecule has 2 saturated heterocycles. The van der Waals surface area contributed by atoms with E-state index in [2.05, 4.69) is 0 Å². The quantitative estimate of drug-likeness (QED) is 0.751. The first-order valence-corrected chi connectivity index (χ1v) is 8.03. The molecule has 2 bridgehead atoms. The number of hydrogen-bond donors (Lipinski definition) is 1. The summed E-state index contributed by atoms with van der Waals surface area (Å²) >= 11 is 0. The molecule has 0 aliphatic carbocycles. The van der Waals surface area contributed by atoms with Crippen molar-refractivity contribution in [3.8, 4) is 0 Å². The van der Waals surface area contributed by atoms with E-state index in [4.69, 9.17) is 4.74 Å². The summed E-state index contributed by atoms with van der Waals surface area (Å²) < 4.78 is 5.56. The third-order valence-corrected chi connectivity index (χ3v) is 4.78. The van der Waals surface area contributed by atoms with Crippen LogP contribution in [0.5, 0.6) is 0 Å². The lowest BCUT2D eigenvalue weighted by atomic mass is 9.72. The van der Waals surface area contributed by atoms with Crippen LogP contribution in [-0.2, 0) is 4.74 Å². The minimum absolute atomic E-state index is 0.0900. The Kier molecular flexibility index (Phi) is 4.39. The van der Waals surface area contributed by atoms with Crippen molar-refractivity contribution < 1.29 is 14.6 Å². The first kappa shape index (κ1) is 16.3. The van der Waals surface area contributed by atoms with E-state index in [0.29, 0.717) is 12.8 Å². The zero-order valence-corrected chi connectivity index (χ0v) is 14.0. The lowest BCUT2D eigenvalue weighted by Crippen LogP contribution is -2.60. The van der Waals surface area contributed by atoms with Crippen LogP contribution in [0.15, 0.2) is 11.6 Å². The molecule has 0 saturated carbocycles. The average molecular weight is 295 g/mol. The molecule has 2 unspecified atom stereocenters. The molecule has 0 aromatic carbocycles. The maximum Gasteiger partial charge on any atom is 0.410 e. The molecule has 2 atom stereocenters. The Hall–Kier alpha value is -1.03. The van der Waals surface area contributed by atoms with Gasteiger partial charge in [-0.3, -0.25) is 0 Å². The molecular weight excluding hydrogens is 266 g/mol. The van der Waals surface area contributed by atoms with Crippen LogP contribution >= 0.6 is 0 Å². The summed E-state index contributed by atoms with van der Waals surface area (Å²) in [7, 11) is 0. The van der Waals surface area contributed by atoms with Gasteiger partial charge in [0.1, 0.15) is 5.60 Å². The first-order valence-electron chi connectivity index (χ1n) is 8.03. The summed E-state index contributed by atoms with van der Waals surface area (Å²) in [6.45, 7) is 9.63. The second-order valence-electron chi connectivity index (χ2n) is 7.54. The molecule has 2 rings (SSSR count). The van der Waals surface area contributed by atoms with Gasteiger partial charge in [-0.1, -0.05) is 6.08 Å². The highest BCUT2D eigenvalue weighted by atomic mass is 16.6. The van der Waals surface area contributed by atoms with Gasteiger partial charge in [-0.15, -0.1) is 0 Å². The highest BCUT2D eigenvalue weighted by Crippen LogP contribution is 2.42. The number of allylic oxidation sites excluding steroid dienone is 1. The predicted octanol–water partition coefficient (Wildman–Crippen LogP) is 3.64. The molecule has 0 aromatic rings. The average Bonchev–Trinajstić information content (AvgIpc) is 2.34. The van der Waals surface area contributed by atoms with Crippen LogP contribution in [0.1, 0.15) is 66.7 Å². The highest BCUT2D eigenvalue weighted by Gasteiger charge is 2.48. The number of nitrogens with zero attached hydrogens (tertiary/aromatic N) is 1. The Balaban J connectivity index is 2.19. The number of ether oxygens (including phenoxy) is 1. The van der Waals surface area contributed by atoms with Gasteiger partial charge in [-0.2, -0.15) is 0 Å². The van der Waals surface area contributed by atoms with E-state index in [-0.39, 0.29) is 18.2 Å².